The van der Waals surface area contributed by atoms with E-state index in [0.29, 0.717) is 60.6 Å². The summed E-state index contributed by atoms with van der Waals surface area (Å²) in [5.41, 5.74) is 1.65. The number of carbonyl (C=O) groups is 1. The number of carbonyl (C=O) groups excluding carboxylic acids is 1. The highest BCUT2D eigenvalue weighted by atomic mass is 35.5. The minimum absolute atomic E-state index is 0.0615. The number of ether oxygens (including phenoxy) is 1. The molecule has 9 heteroatoms. The third kappa shape index (κ3) is 7.09. The van der Waals surface area contributed by atoms with Gasteiger partial charge in [0.2, 0.25) is 15.9 Å². The van der Waals surface area contributed by atoms with E-state index in [1.165, 1.54) is 10.4 Å². The smallest absolute Gasteiger partial charge is 0.223 e. The minimum Gasteiger partial charge on any atom is -0.491 e. The van der Waals surface area contributed by atoms with Gasteiger partial charge >= 0.3 is 0 Å². The van der Waals surface area contributed by atoms with Gasteiger partial charge in [-0.1, -0.05) is 61.3 Å². The van der Waals surface area contributed by atoms with Gasteiger partial charge in [0.1, 0.15) is 12.4 Å². The molecule has 0 unspecified atom stereocenters. The zero-order chi connectivity index (χ0) is 24.0. The van der Waals surface area contributed by atoms with Gasteiger partial charge in [0.25, 0.3) is 0 Å². The minimum atomic E-state index is -3.53. The van der Waals surface area contributed by atoms with Crippen molar-refractivity contribution >= 4 is 39.1 Å². The Bertz CT molecular complexity index is 1070. The number of nitrogens with zero attached hydrogens (tertiary/aromatic N) is 1. The number of rotatable bonds is 9. The molecule has 33 heavy (non-hydrogen) atoms. The number of amides is 1. The highest BCUT2D eigenvalue weighted by molar-refractivity contribution is 7.88. The first kappa shape index (κ1) is 25.8. The summed E-state index contributed by atoms with van der Waals surface area (Å²) < 4.78 is 32.9. The monoisotopic (exact) mass is 512 g/mol. The van der Waals surface area contributed by atoms with Gasteiger partial charge in [-0.3, -0.25) is 4.79 Å². The van der Waals surface area contributed by atoms with Crippen molar-refractivity contribution in [3.8, 4) is 5.75 Å². The summed E-state index contributed by atoms with van der Waals surface area (Å²) in [4.78, 5) is 12.5. The molecule has 1 amide bonds. The Balaban J connectivity index is 1.44. The molecule has 0 aliphatic carbocycles. The number of piperidine rings is 1. The van der Waals surface area contributed by atoms with Crippen LogP contribution in [-0.2, 0) is 20.6 Å². The third-order valence-electron chi connectivity index (χ3n) is 5.77. The molecule has 1 heterocycles. The Morgan fingerprint density at radius 3 is 2.52 bits per heavy atom. The molecule has 0 atom stereocenters. The van der Waals surface area contributed by atoms with Gasteiger partial charge in [0, 0.05) is 29.1 Å². The van der Waals surface area contributed by atoms with E-state index >= 15 is 0 Å². The predicted octanol–water partition coefficient (Wildman–Crippen LogP) is 4.85. The zero-order valence-corrected chi connectivity index (χ0v) is 21.2. The summed E-state index contributed by atoms with van der Waals surface area (Å²) in [6.07, 6.45) is 0.965. The maximum Gasteiger partial charge on any atom is 0.223 e. The SMILES string of the molecule is CC(C)c1ccccc1OCCNC(=O)C1CCN(S(=O)(=O)Cc2ccc(Cl)cc2Cl)CC1. The van der Waals surface area contributed by atoms with Crippen LogP contribution in [-0.4, -0.2) is 44.9 Å². The molecule has 0 saturated carbocycles. The van der Waals surface area contributed by atoms with Gasteiger partial charge < -0.3 is 10.1 Å². The van der Waals surface area contributed by atoms with Crippen molar-refractivity contribution in [3.05, 3.63) is 63.6 Å². The maximum atomic E-state index is 12.8. The fourth-order valence-electron chi connectivity index (χ4n) is 3.89. The second-order valence-corrected chi connectivity index (χ2v) is 11.3. The van der Waals surface area contributed by atoms with Crippen LogP contribution in [0.15, 0.2) is 42.5 Å². The second-order valence-electron chi connectivity index (χ2n) is 8.50. The van der Waals surface area contributed by atoms with Gasteiger partial charge in [0.05, 0.1) is 12.3 Å². The molecular formula is C24H30Cl2N2O4S. The van der Waals surface area contributed by atoms with Gasteiger partial charge in [-0.05, 0) is 48.1 Å². The highest BCUT2D eigenvalue weighted by Gasteiger charge is 2.31. The van der Waals surface area contributed by atoms with Crippen LogP contribution in [0.3, 0.4) is 0 Å². The number of benzene rings is 2. The average Bonchev–Trinajstić information content (AvgIpc) is 2.78. The molecular weight excluding hydrogens is 483 g/mol. The first-order valence-corrected chi connectivity index (χ1v) is 13.4. The van der Waals surface area contributed by atoms with Crippen LogP contribution >= 0.6 is 23.2 Å². The van der Waals surface area contributed by atoms with Crippen molar-refractivity contribution in [2.24, 2.45) is 5.92 Å². The van der Waals surface area contributed by atoms with Crippen molar-refractivity contribution in [1.82, 2.24) is 9.62 Å². The van der Waals surface area contributed by atoms with E-state index in [4.69, 9.17) is 27.9 Å². The Labute approximate surface area is 206 Å². The first-order valence-electron chi connectivity index (χ1n) is 11.1. The molecule has 2 aromatic rings. The maximum absolute atomic E-state index is 12.8. The Morgan fingerprint density at radius 2 is 1.85 bits per heavy atom. The summed E-state index contributed by atoms with van der Waals surface area (Å²) >= 11 is 12.0. The van der Waals surface area contributed by atoms with E-state index in [-0.39, 0.29) is 17.6 Å². The van der Waals surface area contributed by atoms with Crippen molar-refractivity contribution < 1.29 is 17.9 Å². The Morgan fingerprint density at radius 1 is 1.15 bits per heavy atom. The van der Waals surface area contributed by atoms with Crippen molar-refractivity contribution in [2.45, 2.75) is 38.4 Å². The molecule has 180 valence electrons. The molecule has 3 rings (SSSR count). The second kappa shape index (κ2) is 11.6. The van der Waals surface area contributed by atoms with Crippen molar-refractivity contribution in [3.63, 3.8) is 0 Å². The van der Waals surface area contributed by atoms with E-state index in [2.05, 4.69) is 19.2 Å². The number of hydrogen-bond donors (Lipinski definition) is 1. The van der Waals surface area contributed by atoms with Gasteiger partial charge in [-0.15, -0.1) is 0 Å². The van der Waals surface area contributed by atoms with Crippen LogP contribution in [0.1, 0.15) is 43.7 Å². The first-order chi connectivity index (χ1) is 15.7. The molecule has 6 nitrogen and oxygen atoms in total. The third-order valence-corrected chi connectivity index (χ3v) is 8.19. The Hall–Kier alpha value is -1.80. The molecule has 0 radical (unpaired) electrons. The lowest BCUT2D eigenvalue weighted by molar-refractivity contribution is -0.126. The summed E-state index contributed by atoms with van der Waals surface area (Å²) in [5, 5.41) is 3.71. The van der Waals surface area contributed by atoms with E-state index in [9.17, 15) is 13.2 Å². The summed E-state index contributed by atoms with van der Waals surface area (Å²) in [6.45, 7) is 5.62. The van der Waals surface area contributed by atoms with Crippen LogP contribution in [0.2, 0.25) is 10.0 Å². The topological polar surface area (TPSA) is 75.7 Å². The van der Waals surface area contributed by atoms with E-state index in [1.54, 1.807) is 12.1 Å². The van der Waals surface area contributed by atoms with E-state index in [0.717, 1.165) is 11.3 Å². The fraction of sp³-hybridized carbons (Fsp3) is 0.458. The van der Waals surface area contributed by atoms with Crippen LogP contribution < -0.4 is 10.1 Å². The highest BCUT2D eigenvalue weighted by Crippen LogP contribution is 2.27. The number of halogens is 2. The van der Waals surface area contributed by atoms with Crippen LogP contribution in [0.4, 0.5) is 0 Å². The molecule has 1 fully saturated rings. The lowest BCUT2D eigenvalue weighted by atomic mass is 9.97. The molecule has 0 spiro atoms. The molecule has 2 aromatic carbocycles. The number of para-hydroxylation sites is 1. The van der Waals surface area contributed by atoms with Crippen molar-refractivity contribution in [2.75, 3.05) is 26.2 Å². The zero-order valence-electron chi connectivity index (χ0n) is 18.9. The van der Waals surface area contributed by atoms with E-state index < -0.39 is 10.0 Å². The molecule has 1 aliphatic heterocycles. The number of hydrogen-bond acceptors (Lipinski definition) is 4. The largest absolute Gasteiger partial charge is 0.491 e. The predicted molar refractivity (Wildman–Crippen MR) is 132 cm³/mol. The van der Waals surface area contributed by atoms with Crippen LogP contribution in [0, 0.1) is 5.92 Å². The molecule has 0 bridgehead atoms. The summed E-state index contributed by atoms with van der Waals surface area (Å²) in [7, 11) is -3.53. The molecule has 1 aliphatic rings. The summed E-state index contributed by atoms with van der Waals surface area (Å²) in [6, 6.07) is 12.7. The molecule has 1 N–H and O–H groups in total. The lowest BCUT2D eigenvalue weighted by Gasteiger charge is -2.30. The van der Waals surface area contributed by atoms with E-state index in [1.807, 2.05) is 24.3 Å². The lowest BCUT2D eigenvalue weighted by Crippen LogP contribution is -2.44. The van der Waals surface area contributed by atoms with Gasteiger partial charge in [0.15, 0.2) is 0 Å². The normalized spacial score (nSPS) is 15.5. The summed E-state index contributed by atoms with van der Waals surface area (Å²) in [5.74, 6) is 0.732. The standard InChI is InChI=1S/C24H30Cl2N2O4S/c1-17(2)21-5-3-4-6-23(21)32-14-11-27-24(29)18-9-12-28(13-10-18)33(30,31)16-19-7-8-20(25)15-22(19)26/h3-8,15,17-18H,9-14,16H2,1-2H3,(H,27,29). The van der Waals surface area contributed by atoms with Crippen LogP contribution in [0.5, 0.6) is 5.75 Å². The van der Waals surface area contributed by atoms with Crippen LogP contribution in [0.25, 0.3) is 0 Å². The number of nitrogens with one attached hydrogen (secondary N) is 1. The number of sulfonamides is 1. The molecule has 0 aromatic heterocycles. The quantitative estimate of drug-likeness (QED) is 0.487. The average molecular weight is 513 g/mol. The van der Waals surface area contributed by atoms with Crippen molar-refractivity contribution in [1.29, 1.82) is 0 Å². The Kier molecular flexibility index (Phi) is 9.04. The molecule has 1 saturated heterocycles. The van der Waals surface area contributed by atoms with Gasteiger partial charge in [-0.25, -0.2) is 12.7 Å². The fourth-order valence-corrected chi connectivity index (χ4v) is 6.04. The van der Waals surface area contributed by atoms with Gasteiger partial charge in [-0.2, -0.15) is 0 Å².